The molecular weight excluding hydrogens is 214 g/mol. The Hall–Kier alpha value is -1.51. The van der Waals surface area contributed by atoms with E-state index in [1.807, 2.05) is 12.3 Å². The first kappa shape index (κ1) is 12.0. The van der Waals surface area contributed by atoms with Crippen molar-refractivity contribution < 1.29 is 9.47 Å². The molecule has 0 aliphatic carbocycles. The summed E-state index contributed by atoms with van der Waals surface area (Å²) in [4.78, 5) is 4.59. The molecule has 0 bridgehead atoms. The molecule has 0 spiro atoms. The van der Waals surface area contributed by atoms with Gasteiger partial charge in [-0.3, -0.25) is 4.99 Å². The van der Waals surface area contributed by atoms with E-state index in [9.17, 15) is 0 Å². The topological polar surface area (TPSA) is 30.8 Å². The van der Waals surface area contributed by atoms with Crippen LogP contribution in [0.4, 0.5) is 0 Å². The highest BCUT2D eigenvalue weighted by atomic mass is 16.5. The molecule has 1 heterocycles. The summed E-state index contributed by atoms with van der Waals surface area (Å²) in [6.07, 6.45) is 1.93. The molecule has 2 rings (SSSR count). The van der Waals surface area contributed by atoms with E-state index in [1.165, 1.54) is 5.56 Å². The van der Waals surface area contributed by atoms with E-state index in [-0.39, 0.29) is 5.54 Å². The standard InChI is InChI=1S/C14H19NO2/c1-9-11-7-13(17-5)12(16-4)6-10(11)8-15-14(9,2)3/h6-9H,1-5H3. The number of rotatable bonds is 2. The molecule has 0 amide bonds. The third-order valence-corrected chi connectivity index (χ3v) is 3.65. The maximum atomic E-state index is 5.35. The highest BCUT2D eigenvalue weighted by Gasteiger charge is 2.31. The summed E-state index contributed by atoms with van der Waals surface area (Å²) in [6.45, 7) is 6.49. The van der Waals surface area contributed by atoms with Crippen molar-refractivity contribution in [2.24, 2.45) is 4.99 Å². The first-order valence-electron chi connectivity index (χ1n) is 5.80. The fourth-order valence-electron chi connectivity index (χ4n) is 2.13. The zero-order valence-electron chi connectivity index (χ0n) is 11.1. The van der Waals surface area contributed by atoms with Gasteiger partial charge in [0.25, 0.3) is 0 Å². The number of aliphatic imine (C=N–C) groups is 1. The van der Waals surface area contributed by atoms with Gasteiger partial charge in [0.05, 0.1) is 19.8 Å². The Bertz CT molecular complexity index is 464. The van der Waals surface area contributed by atoms with E-state index in [2.05, 4.69) is 31.8 Å². The lowest BCUT2D eigenvalue weighted by Crippen LogP contribution is -2.29. The van der Waals surface area contributed by atoms with Crippen molar-refractivity contribution in [1.29, 1.82) is 0 Å². The molecule has 0 saturated carbocycles. The molecule has 0 aromatic heterocycles. The molecule has 92 valence electrons. The number of hydrogen-bond acceptors (Lipinski definition) is 3. The lowest BCUT2D eigenvalue weighted by Gasteiger charge is -2.33. The van der Waals surface area contributed by atoms with Gasteiger partial charge < -0.3 is 9.47 Å². The van der Waals surface area contributed by atoms with E-state index >= 15 is 0 Å². The Labute approximate surface area is 102 Å². The largest absolute Gasteiger partial charge is 0.493 e. The molecule has 1 unspecified atom stereocenters. The third kappa shape index (κ3) is 1.90. The average Bonchev–Trinajstić information content (AvgIpc) is 2.33. The van der Waals surface area contributed by atoms with E-state index < -0.39 is 0 Å². The SMILES string of the molecule is COc1cc2c(cc1OC)C(C)C(C)(C)N=C2. The predicted octanol–water partition coefficient (Wildman–Crippen LogP) is 3.02. The monoisotopic (exact) mass is 233 g/mol. The molecule has 0 radical (unpaired) electrons. The molecule has 1 aliphatic rings. The van der Waals surface area contributed by atoms with Crippen LogP contribution in [0.15, 0.2) is 17.1 Å². The summed E-state index contributed by atoms with van der Waals surface area (Å²) in [5.41, 5.74) is 2.32. The van der Waals surface area contributed by atoms with Crippen LogP contribution in [0.3, 0.4) is 0 Å². The van der Waals surface area contributed by atoms with Crippen LogP contribution in [0, 0.1) is 0 Å². The second-order valence-corrected chi connectivity index (χ2v) is 4.97. The molecule has 1 aromatic carbocycles. The van der Waals surface area contributed by atoms with Gasteiger partial charge in [-0.1, -0.05) is 6.92 Å². The second-order valence-electron chi connectivity index (χ2n) is 4.97. The smallest absolute Gasteiger partial charge is 0.161 e. The Balaban J connectivity index is 2.57. The number of ether oxygens (including phenoxy) is 2. The maximum Gasteiger partial charge on any atom is 0.161 e. The molecule has 0 N–H and O–H groups in total. The maximum absolute atomic E-state index is 5.35. The van der Waals surface area contributed by atoms with Gasteiger partial charge in [0.1, 0.15) is 0 Å². The first-order chi connectivity index (χ1) is 7.99. The van der Waals surface area contributed by atoms with E-state index in [0.717, 1.165) is 17.1 Å². The first-order valence-corrected chi connectivity index (χ1v) is 5.80. The fourth-order valence-corrected chi connectivity index (χ4v) is 2.13. The van der Waals surface area contributed by atoms with Gasteiger partial charge in [-0.05, 0) is 37.1 Å². The Morgan fingerprint density at radius 3 is 2.29 bits per heavy atom. The van der Waals surface area contributed by atoms with Crippen molar-refractivity contribution in [2.75, 3.05) is 14.2 Å². The van der Waals surface area contributed by atoms with Gasteiger partial charge in [-0.15, -0.1) is 0 Å². The number of hydrogen-bond donors (Lipinski definition) is 0. The van der Waals surface area contributed by atoms with Gasteiger partial charge >= 0.3 is 0 Å². The van der Waals surface area contributed by atoms with Crippen molar-refractivity contribution in [2.45, 2.75) is 32.2 Å². The predicted molar refractivity (Wildman–Crippen MR) is 69.6 cm³/mol. The summed E-state index contributed by atoms with van der Waals surface area (Å²) in [5.74, 6) is 1.90. The summed E-state index contributed by atoms with van der Waals surface area (Å²) in [7, 11) is 3.31. The highest BCUT2D eigenvalue weighted by Crippen LogP contribution is 2.40. The van der Waals surface area contributed by atoms with Crippen LogP contribution < -0.4 is 9.47 Å². The Morgan fingerprint density at radius 2 is 1.71 bits per heavy atom. The van der Waals surface area contributed by atoms with Gasteiger partial charge in [-0.25, -0.2) is 0 Å². The molecule has 1 atom stereocenters. The molecule has 0 fully saturated rings. The van der Waals surface area contributed by atoms with Crippen molar-refractivity contribution in [3.05, 3.63) is 23.3 Å². The Morgan fingerprint density at radius 1 is 1.12 bits per heavy atom. The van der Waals surface area contributed by atoms with Crippen LogP contribution in [0.25, 0.3) is 0 Å². The van der Waals surface area contributed by atoms with Crippen molar-refractivity contribution >= 4 is 6.21 Å². The minimum absolute atomic E-state index is 0.0629. The summed E-state index contributed by atoms with van der Waals surface area (Å²) < 4.78 is 10.7. The van der Waals surface area contributed by atoms with Crippen molar-refractivity contribution in [1.82, 2.24) is 0 Å². The zero-order valence-corrected chi connectivity index (χ0v) is 11.1. The second kappa shape index (κ2) is 4.06. The van der Waals surface area contributed by atoms with E-state index in [4.69, 9.17) is 9.47 Å². The Kier molecular flexibility index (Phi) is 2.86. The average molecular weight is 233 g/mol. The highest BCUT2D eigenvalue weighted by molar-refractivity contribution is 5.85. The van der Waals surface area contributed by atoms with Gasteiger partial charge in [-0.2, -0.15) is 0 Å². The number of fused-ring (bicyclic) bond motifs is 1. The van der Waals surface area contributed by atoms with E-state index in [0.29, 0.717) is 5.92 Å². The molecular formula is C14H19NO2. The molecule has 17 heavy (non-hydrogen) atoms. The molecule has 3 heteroatoms. The van der Waals surface area contributed by atoms with Gasteiger partial charge in [0, 0.05) is 12.1 Å². The van der Waals surface area contributed by atoms with Gasteiger partial charge in [0.2, 0.25) is 0 Å². The minimum atomic E-state index is -0.0629. The van der Waals surface area contributed by atoms with Crippen molar-refractivity contribution in [3.8, 4) is 11.5 Å². The normalized spacial score (nSPS) is 20.9. The lowest BCUT2D eigenvalue weighted by molar-refractivity contribution is 0.352. The summed E-state index contributed by atoms with van der Waals surface area (Å²) in [6, 6.07) is 4.05. The molecule has 3 nitrogen and oxygen atoms in total. The van der Waals surface area contributed by atoms with Crippen molar-refractivity contribution in [3.63, 3.8) is 0 Å². The number of methoxy groups -OCH3 is 2. The molecule has 0 saturated heterocycles. The zero-order chi connectivity index (χ0) is 12.6. The quantitative estimate of drug-likeness (QED) is 0.786. The van der Waals surface area contributed by atoms with Crippen LogP contribution in [-0.2, 0) is 0 Å². The summed E-state index contributed by atoms with van der Waals surface area (Å²) in [5, 5.41) is 0. The minimum Gasteiger partial charge on any atom is -0.493 e. The molecule has 1 aromatic rings. The van der Waals surface area contributed by atoms with E-state index in [1.54, 1.807) is 14.2 Å². The van der Waals surface area contributed by atoms with Crippen LogP contribution >= 0.6 is 0 Å². The molecule has 1 aliphatic heterocycles. The lowest BCUT2D eigenvalue weighted by atomic mass is 9.79. The third-order valence-electron chi connectivity index (χ3n) is 3.65. The number of nitrogens with zero attached hydrogens (tertiary/aromatic N) is 1. The van der Waals surface area contributed by atoms with Crippen LogP contribution in [0.1, 0.15) is 37.8 Å². The fraction of sp³-hybridized carbons (Fsp3) is 0.500. The number of benzene rings is 1. The van der Waals surface area contributed by atoms with Crippen LogP contribution in [0.2, 0.25) is 0 Å². The van der Waals surface area contributed by atoms with Gasteiger partial charge in [0.15, 0.2) is 11.5 Å². The van der Waals surface area contributed by atoms with Crippen LogP contribution in [-0.4, -0.2) is 26.0 Å². The van der Waals surface area contributed by atoms with Crippen LogP contribution in [0.5, 0.6) is 11.5 Å². The summed E-state index contributed by atoms with van der Waals surface area (Å²) >= 11 is 0.